The van der Waals surface area contributed by atoms with Crippen molar-refractivity contribution >= 4 is 33.2 Å². The molecule has 3 rings (SSSR count). The van der Waals surface area contributed by atoms with Gasteiger partial charge in [-0.05, 0) is 49.2 Å². The van der Waals surface area contributed by atoms with Crippen molar-refractivity contribution in [1.82, 2.24) is 4.31 Å². The molecular formula is C19H21ClN2O4S. The molecule has 8 heteroatoms. The number of sulfonamides is 1. The summed E-state index contributed by atoms with van der Waals surface area (Å²) >= 11 is 6.24. The van der Waals surface area contributed by atoms with Gasteiger partial charge in [-0.25, -0.2) is 8.42 Å². The number of benzene rings is 2. The van der Waals surface area contributed by atoms with E-state index in [0.717, 1.165) is 11.1 Å². The van der Waals surface area contributed by atoms with Crippen molar-refractivity contribution < 1.29 is 17.9 Å². The highest BCUT2D eigenvalue weighted by Gasteiger charge is 2.27. The minimum Gasteiger partial charge on any atom is -0.379 e. The molecule has 0 atom stereocenters. The number of anilines is 1. The SMILES string of the molecule is Cc1cc(C)c(NC(=O)c2cccc(S(=O)(=O)N3CCOCC3)c2)c(Cl)c1. The average molecular weight is 409 g/mol. The van der Waals surface area contributed by atoms with E-state index in [9.17, 15) is 13.2 Å². The molecule has 0 radical (unpaired) electrons. The van der Waals surface area contributed by atoms with Gasteiger partial charge in [-0.1, -0.05) is 23.7 Å². The van der Waals surface area contributed by atoms with Gasteiger partial charge in [-0.15, -0.1) is 0 Å². The third-order valence-electron chi connectivity index (χ3n) is 4.37. The number of nitrogens with one attached hydrogen (secondary N) is 1. The summed E-state index contributed by atoms with van der Waals surface area (Å²) < 4.78 is 32.1. The van der Waals surface area contributed by atoms with Crippen molar-refractivity contribution in [1.29, 1.82) is 0 Å². The van der Waals surface area contributed by atoms with E-state index in [1.807, 2.05) is 19.9 Å². The number of ether oxygens (including phenoxy) is 1. The lowest BCUT2D eigenvalue weighted by Crippen LogP contribution is -2.40. The summed E-state index contributed by atoms with van der Waals surface area (Å²) in [7, 11) is -3.67. The van der Waals surface area contributed by atoms with Crippen molar-refractivity contribution in [3.8, 4) is 0 Å². The molecule has 1 fully saturated rings. The molecule has 6 nitrogen and oxygen atoms in total. The molecule has 0 unspecified atom stereocenters. The summed E-state index contributed by atoms with van der Waals surface area (Å²) in [5.41, 5.74) is 2.61. The van der Waals surface area contributed by atoms with Gasteiger partial charge in [0.2, 0.25) is 10.0 Å². The zero-order chi connectivity index (χ0) is 19.6. The zero-order valence-corrected chi connectivity index (χ0v) is 16.7. The highest BCUT2D eigenvalue weighted by molar-refractivity contribution is 7.89. The van der Waals surface area contributed by atoms with Crippen LogP contribution in [0.25, 0.3) is 0 Å². The summed E-state index contributed by atoms with van der Waals surface area (Å²) in [5.74, 6) is -0.414. The fraction of sp³-hybridized carbons (Fsp3) is 0.316. The van der Waals surface area contributed by atoms with E-state index in [4.69, 9.17) is 16.3 Å². The number of nitrogens with zero attached hydrogens (tertiary/aromatic N) is 1. The van der Waals surface area contributed by atoms with Gasteiger partial charge in [0, 0.05) is 18.7 Å². The molecule has 2 aromatic rings. The van der Waals surface area contributed by atoms with E-state index in [1.165, 1.54) is 16.4 Å². The van der Waals surface area contributed by atoms with Crippen molar-refractivity contribution in [2.24, 2.45) is 0 Å². The lowest BCUT2D eigenvalue weighted by atomic mass is 10.1. The Morgan fingerprint density at radius 2 is 1.85 bits per heavy atom. The van der Waals surface area contributed by atoms with Gasteiger partial charge in [0.05, 0.1) is 28.8 Å². The summed E-state index contributed by atoms with van der Waals surface area (Å²) in [4.78, 5) is 12.7. The number of hydrogen-bond donors (Lipinski definition) is 1. The zero-order valence-electron chi connectivity index (χ0n) is 15.2. The van der Waals surface area contributed by atoms with Crippen LogP contribution in [0.1, 0.15) is 21.5 Å². The molecule has 1 saturated heterocycles. The number of carbonyl (C=O) groups is 1. The first kappa shape index (κ1) is 19.8. The predicted molar refractivity (Wildman–Crippen MR) is 105 cm³/mol. The highest BCUT2D eigenvalue weighted by atomic mass is 35.5. The topological polar surface area (TPSA) is 75.7 Å². The van der Waals surface area contributed by atoms with Crippen LogP contribution in [0.4, 0.5) is 5.69 Å². The minimum atomic E-state index is -3.67. The van der Waals surface area contributed by atoms with Crippen LogP contribution in [-0.2, 0) is 14.8 Å². The smallest absolute Gasteiger partial charge is 0.255 e. The van der Waals surface area contributed by atoms with Gasteiger partial charge >= 0.3 is 0 Å². The van der Waals surface area contributed by atoms with Gasteiger partial charge < -0.3 is 10.1 Å². The number of rotatable bonds is 4. The Morgan fingerprint density at radius 3 is 2.52 bits per heavy atom. The Bertz CT molecular complexity index is 946. The first-order valence-electron chi connectivity index (χ1n) is 8.55. The average Bonchev–Trinajstić information content (AvgIpc) is 2.65. The van der Waals surface area contributed by atoms with Crippen molar-refractivity contribution in [3.63, 3.8) is 0 Å². The largest absolute Gasteiger partial charge is 0.379 e. The Hall–Kier alpha value is -1.93. The molecular weight excluding hydrogens is 388 g/mol. The second-order valence-electron chi connectivity index (χ2n) is 6.44. The van der Waals surface area contributed by atoms with Crippen LogP contribution >= 0.6 is 11.6 Å². The third kappa shape index (κ3) is 4.32. The van der Waals surface area contributed by atoms with Crippen LogP contribution in [0.3, 0.4) is 0 Å². The second-order valence-corrected chi connectivity index (χ2v) is 8.78. The van der Waals surface area contributed by atoms with E-state index >= 15 is 0 Å². The molecule has 1 aliphatic heterocycles. The van der Waals surface area contributed by atoms with Crippen molar-refractivity contribution in [3.05, 3.63) is 58.1 Å². The van der Waals surface area contributed by atoms with Gasteiger partial charge in [-0.2, -0.15) is 4.31 Å². The molecule has 144 valence electrons. The first-order chi connectivity index (χ1) is 12.8. The number of amides is 1. The fourth-order valence-electron chi connectivity index (χ4n) is 2.99. The third-order valence-corrected chi connectivity index (χ3v) is 6.57. The normalized spacial score (nSPS) is 15.5. The second kappa shape index (κ2) is 7.98. The van der Waals surface area contributed by atoms with Gasteiger partial charge in [-0.3, -0.25) is 4.79 Å². The Kier molecular flexibility index (Phi) is 5.86. The molecule has 1 N–H and O–H groups in total. The van der Waals surface area contributed by atoms with Crippen molar-refractivity contribution in [2.75, 3.05) is 31.6 Å². The number of hydrogen-bond acceptors (Lipinski definition) is 4. The number of halogens is 1. The molecule has 0 saturated carbocycles. The summed E-state index contributed by atoms with van der Waals surface area (Å²) in [6.45, 7) is 5.11. The number of morpholine rings is 1. The van der Waals surface area contributed by atoms with Crippen LogP contribution in [0.15, 0.2) is 41.3 Å². The Balaban J connectivity index is 1.86. The van der Waals surface area contributed by atoms with Crippen molar-refractivity contribution in [2.45, 2.75) is 18.7 Å². The summed E-state index contributed by atoms with van der Waals surface area (Å²) in [5, 5.41) is 3.22. The van der Waals surface area contributed by atoms with Crippen LogP contribution < -0.4 is 5.32 Å². The first-order valence-corrected chi connectivity index (χ1v) is 10.4. The molecule has 27 heavy (non-hydrogen) atoms. The molecule has 2 aromatic carbocycles. The van der Waals surface area contributed by atoms with E-state index < -0.39 is 15.9 Å². The standard InChI is InChI=1S/C19H21ClN2O4S/c1-13-10-14(2)18(17(20)11-13)21-19(23)15-4-3-5-16(12-15)27(24,25)22-6-8-26-9-7-22/h3-5,10-12H,6-9H2,1-2H3,(H,21,23). The van der Waals surface area contributed by atoms with Crippen LogP contribution in [0.2, 0.25) is 5.02 Å². The maximum absolute atomic E-state index is 12.8. The molecule has 0 bridgehead atoms. The lowest BCUT2D eigenvalue weighted by Gasteiger charge is -2.26. The fourth-order valence-corrected chi connectivity index (χ4v) is 4.82. The molecule has 0 aromatic heterocycles. The maximum Gasteiger partial charge on any atom is 0.255 e. The van der Waals surface area contributed by atoms with Gasteiger partial charge in [0.1, 0.15) is 0 Å². The molecule has 1 amide bonds. The Morgan fingerprint density at radius 1 is 1.15 bits per heavy atom. The van der Waals surface area contributed by atoms with Gasteiger partial charge in [0.25, 0.3) is 5.91 Å². The minimum absolute atomic E-state index is 0.0868. The summed E-state index contributed by atoms with van der Waals surface area (Å²) in [6, 6.07) is 9.70. The molecule has 0 aliphatic carbocycles. The Labute approximate surface area is 164 Å². The predicted octanol–water partition coefficient (Wildman–Crippen LogP) is 3.23. The molecule has 1 heterocycles. The van der Waals surface area contributed by atoms with Crippen LogP contribution in [0, 0.1) is 13.8 Å². The quantitative estimate of drug-likeness (QED) is 0.842. The highest BCUT2D eigenvalue weighted by Crippen LogP contribution is 2.28. The number of carbonyl (C=O) groups excluding carboxylic acids is 1. The lowest BCUT2D eigenvalue weighted by molar-refractivity contribution is 0.0730. The number of aryl methyl sites for hydroxylation is 2. The molecule has 0 spiro atoms. The van der Waals surface area contributed by atoms with E-state index in [2.05, 4.69) is 5.32 Å². The monoisotopic (exact) mass is 408 g/mol. The van der Waals surface area contributed by atoms with E-state index in [0.29, 0.717) is 37.0 Å². The van der Waals surface area contributed by atoms with Crippen LogP contribution in [-0.4, -0.2) is 44.9 Å². The maximum atomic E-state index is 12.8. The summed E-state index contributed by atoms with van der Waals surface area (Å²) in [6.07, 6.45) is 0. The van der Waals surface area contributed by atoms with E-state index in [1.54, 1.807) is 18.2 Å². The van der Waals surface area contributed by atoms with Gasteiger partial charge in [0.15, 0.2) is 0 Å². The van der Waals surface area contributed by atoms with E-state index in [-0.39, 0.29) is 10.5 Å². The van der Waals surface area contributed by atoms with Crippen LogP contribution in [0.5, 0.6) is 0 Å². The molecule has 1 aliphatic rings.